The molecule has 116 valence electrons. The molecule has 0 unspecified atom stereocenters. The Morgan fingerprint density at radius 3 is 2.35 bits per heavy atom. The predicted octanol–water partition coefficient (Wildman–Crippen LogP) is 1.25. The maximum absolute atomic E-state index is 11.1. The number of rotatable bonds is 9. The van der Waals surface area contributed by atoms with Gasteiger partial charge in [0, 0.05) is 0 Å². The van der Waals surface area contributed by atoms with Crippen LogP contribution in [-0.2, 0) is 14.3 Å². The van der Waals surface area contributed by atoms with Crippen molar-refractivity contribution in [3.05, 3.63) is 11.6 Å². The van der Waals surface area contributed by atoms with Crippen LogP contribution < -0.4 is 0 Å². The van der Waals surface area contributed by atoms with Gasteiger partial charge in [-0.15, -0.1) is 0 Å². The number of aliphatic hydroxyl groups excluding tert-OH is 1. The van der Waals surface area contributed by atoms with Gasteiger partial charge in [0.05, 0.1) is 24.5 Å². The molecule has 20 heavy (non-hydrogen) atoms. The number of aliphatic hydroxyl groups is 2. The Morgan fingerprint density at radius 2 is 1.85 bits per heavy atom. The zero-order chi connectivity index (χ0) is 15.8. The highest BCUT2D eigenvalue weighted by Gasteiger charge is 2.23. The molecular weight excluding hydrogens is 264 g/mol. The summed E-state index contributed by atoms with van der Waals surface area (Å²) in [5, 5.41) is 27.6. The Balaban J connectivity index is 3.91. The van der Waals surface area contributed by atoms with Gasteiger partial charge in [0.1, 0.15) is 6.61 Å². The van der Waals surface area contributed by atoms with E-state index in [2.05, 4.69) is 0 Å². The zero-order valence-electron chi connectivity index (χ0n) is 12.3. The molecule has 0 spiro atoms. The average molecular weight is 288 g/mol. The molecule has 0 radical (unpaired) electrons. The van der Waals surface area contributed by atoms with E-state index in [0.29, 0.717) is 12.8 Å². The molecule has 6 heteroatoms. The van der Waals surface area contributed by atoms with Gasteiger partial charge in [0.15, 0.2) is 0 Å². The lowest BCUT2D eigenvalue weighted by Gasteiger charge is -2.24. The van der Waals surface area contributed by atoms with Gasteiger partial charge in [-0.05, 0) is 39.7 Å². The highest BCUT2D eigenvalue weighted by atomic mass is 16.5. The Labute approximate surface area is 119 Å². The third kappa shape index (κ3) is 9.52. The van der Waals surface area contributed by atoms with Crippen molar-refractivity contribution in [3.8, 4) is 0 Å². The number of carbonyl (C=O) groups excluding carboxylic acids is 1. The molecule has 0 fully saturated rings. The maximum Gasteiger partial charge on any atom is 0.306 e. The van der Waals surface area contributed by atoms with Crippen LogP contribution >= 0.6 is 0 Å². The summed E-state index contributed by atoms with van der Waals surface area (Å²) in [7, 11) is 0. The Morgan fingerprint density at radius 1 is 1.25 bits per heavy atom. The number of carboxylic acids is 1. The molecule has 0 aliphatic heterocycles. The Hall–Kier alpha value is -1.40. The summed E-state index contributed by atoms with van der Waals surface area (Å²) in [4.78, 5) is 21.4. The predicted molar refractivity (Wildman–Crippen MR) is 73.1 cm³/mol. The molecule has 0 bridgehead atoms. The van der Waals surface area contributed by atoms with Gasteiger partial charge in [0.2, 0.25) is 0 Å². The van der Waals surface area contributed by atoms with E-state index in [1.165, 1.54) is 0 Å². The summed E-state index contributed by atoms with van der Waals surface area (Å²) in [5.74, 6) is -1.58. The molecule has 0 aromatic rings. The van der Waals surface area contributed by atoms with Crippen molar-refractivity contribution in [2.75, 3.05) is 6.61 Å². The first-order valence-corrected chi connectivity index (χ1v) is 6.56. The zero-order valence-corrected chi connectivity index (χ0v) is 12.3. The Bertz CT molecular complexity index is 353. The molecule has 3 N–H and O–H groups in total. The molecule has 0 saturated carbocycles. The summed E-state index contributed by atoms with van der Waals surface area (Å²) in [6.45, 7) is 5.01. The summed E-state index contributed by atoms with van der Waals surface area (Å²) in [5.41, 5.74) is -0.205. The number of ether oxygens (including phenoxy) is 1. The second-order valence-electron chi connectivity index (χ2n) is 5.34. The highest BCUT2D eigenvalue weighted by molar-refractivity contribution is 5.76. The fourth-order valence-corrected chi connectivity index (χ4v) is 1.38. The molecule has 0 aliphatic rings. The number of hydrogen-bond acceptors (Lipinski definition) is 5. The van der Waals surface area contributed by atoms with Crippen molar-refractivity contribution in [1.29, 1.82) is 0 Å². The fourth-order valence-electron chi connectivity index (χ4n) is 1.38. The molecule has 0 aromatic carbocycles. The van der Waals surface area contributed by atoms with Crippen molar-refractivity contribution in [2.24, 2.45) is 0 Å². The molecule has 1 atom stereocenters. The second-order valence-corrected chi connectivity index (χ2v) is 5.34. The van der Waals surface area contributed by atoms with Crippen molar-refractivity contribution in [1.82, 2.24) is 0 Å². The van der Waals surface area contributed by atoms with Crippen molar-refractivity contribution >= 4 is 11.9 Å². The third-order valence-electron chi connectivity index (χ3n) is 2.85. The summed E-state index contributed by atoms with van der Waals surface area (Å²) < 4.78 is 4.85. The molecule has 0 saturated heterocycles. The number of hydrogen-bond donors (Lipinski definition) is 3. The SMILES string of the molecule is C/C(=C/COC(=O)CCC(=O)O)CC[C@@H](O)C(C)(C)O. The summed E-state index contributed by atoms with van der Waals surface area (Å²) in [6, 6.07) is 0. The Kier molecular flexibility index (Phi) is 8.10. The summed E-state index contributed by atoms with van der Waals surface area (Å²) in [6.07, 6.45) is 1.51. The minimum atomic E-state index is -1.14. The normalized spacial score (nSPS) is 13.9. The van der Waals surface area contributed by atoms with E-state index >= 15 is 0 Å². The molecule has 0 aromatic heterocycles. The van der Waals surface area contributed by atoms with Crippen LogP contribution in [0.2, 0.25) is 0 Å². The minimum Gasteiger partial charge on any atom is -0.481 e. The fraction of sp³-hybridized carbons (Fsp3) is 0.714. The van der Waals surface area contributed by atoms with E-state index in [9.17, 15) is 19.8 Å². The van der Waals surface area contributed by atoms with Crippen LogP contribution in [0.25, 0.3) is 0 Å². The van der Waals surface area contributed by atoms with E-state index in [4.69, 9.17) is 9.84 Å². The molecule has 0 amide bonds. The standard InChI is InChI=1S/C14H24O6/c1-10(4-5-11(15)14(2,3)19)8-9-20-13(18)7-6-12(16)17/h8,11,15,19H,4-7,9H2,1-3H3,(H,16,17)/b10-8-/t11-/m1/s1. The van der Waals surface area contributed by atoms with E-state index < -0.39 is 23.6 Å². The molecule has 0 rings (SSSR count). The van der Waals surface area contributed by atoms with E-state index in [1.54, 1.807) is 19.9 Å². The van der Waals surface area contributed by atoms with Crippen molar-refractivity contribution in [2.45, 2.75) is 58.2 Å². The largest absolute Gasteiger partial charge is 0.481 e. The average Bonchev–Trinajstić information content (AvgIpc) is 2.32. The van der Waals surface area contributed by atoms with Gasteiger partial charge in [-0.25, -0.2) is 0 Å². The lowest BCUT2D eigenvalue weighted by molar-refractivity contribution is -0.146. The van der Waals surface area contributed by atoms with E-state index in [1.807, 2.05) is 6.92 Å². The van der Waals surface area contributed by atoms with Crippen LogP contribution in [0.5, 0.6) is 0 Å². The van der Waals surface area contributed by atoms with Crippen LogP contribution in [0.15, 0.2) is 11.6 Å². The van der Waals surface area contributed by atoms with Crippen LogP contribution in [0, 0.1) is 0 Å². The quantitative estimate of drug-likeness (QED) is 0.436. The number of allylic oxidation sites excluding steroid dienone is 1. The number of esters is 1. The van der Waals surface area contributed by atoms with Gasteiger partial charge >= 0.3 is 11.9 Å². The van der Waals surface area contributed by atoms with E-state index in [0.717, 1.165) is 5.57 Å². The maximum atomic E-state index is 11.1. The number of carboxylic acid groups (broad SMARTS) is 1. The second kappa shape index (κ2) is 8.71. The van der Waals surface area contributed by atoms with Crippen LogP contribution in [0.4, 0.5) is 0 Å². The number of carbonyl (C=O) groups is 2. The van der Waals surface area contributed by atoms with Crippen LogP contribution in [0.3, 0.4) is 0 Å². The number of aliphatic carboxylic acids is 1. The van der Waals surface area contributed by atoms with Gasteiger partial charge < -0.3 is 20.1 Å². The molecule has 6 nitrogen and oxygen atoms in total. The molecule has 0 aliphatic carbocycles. The van der Waals surface area contributed by atoms with Gasteiger partial charge in [-0.1, -0.05) is 5.57 Å². The molecule has 0 heterocycles. The van der Waals surface area contributed by atoms with Gasteiger partial charge in [0.25, 0.3) is 0 Å². The third-order valence-corrected chi connectivity index (χ3v) is 2.85. The highest BCUT2D eigenvalue weighted by Crippen LogP contribution is 2.16. The first-order chi connectivity index (χ1) is 9.12. The first-order valence-electron chi connectivity index (χ1n) is 6.56. The van der Waals surface area contributed by atoms with Gasteiger partial charge in [-0.3, -0.25) is 9.59 Å². The van der Waals surface area contributed by atoms with Crippen molar-refractivity contribution in [3.63, 3.8) is 0 Å². The summed E-state index contributed by atoms with van der Waals surface area (Å²) >= 11 is 0. The van der Waals surface area contributed by atoms with Crippen LogP contribution in [0.1, 0.15) is 46.5 Å². The molecular formula is C14H24O6. The smallest absolute Gasteiger partial charge is 0.306 e. The lowest BCUT2D eigenvalue weighted by atomic mass is 9.96. The van der Waals surface area contributed by atoms with Crippen LogP contribution in [-0.4, -0.2) is 45.6 Å². The first kappa shape index (κ1) is 18.6. The monoisotopic (exact) mass is 288 g/mol. The van der Waals surface area contributed by atoms with Crippen molar-refractivity contribution < 1.29 is 29.6 Å². The van der Waals surface area contributed by atoms with E-state index in [-0.39, 0.29) is 19.4 Å². The minimum absolute atomic E-state index is 0.0862. The van der Waals surface area contributed by atoms with Gasteiger partial charge in [-0.2, -0.15) is 0 Å². The lowest BCUT2D eigenvalue weighted by Crippen LogP contribution is -2.35. The topological polar surface area (TPSA) is 104 Å².